The highest BCUT2D eigenvalue weighted by molar-refractivity contribution is 7.98. The first-order valence-corrected chi connectivity index (χ1v) is 10.3. The van der Waals surface area contributed by atoms with Crippen molar-refractivity contribution in [3.8, 4) is 0 Å². The van der Waals surface area contributed by atoms with Crippen LogP contribution in [-0.4, -0.2) is 40.2 Å². The minimum Gasteiger partial charge on any atom is -0.356 e. The molecule has 6 nitrogen and oxygen atoms in total. The van der Waals surface area contributed by atoms with Gasteiger partial charge in [0, 0.05) is 30.4 Å². The fraction of sp³-hybridized carbons (Fsp3) is 0.300. The summed E-state index contributed by atoms with van der Waals surface area (Å²) >= 11 is 1.46. The molecule has 0 saturated carbocycles. The lowest BCUT2D eigenvalue weighted by molar-refractivity contribution is 0.102. The first kappa shape index (κ1) is 17.7. The number of carbonyl (C=O) groups excluding carboxylic acids is 1. The molecule has 1 fully saturated rings. The average Bonchev–Trinajstić information content (AvgIpc) is 2.73. The van der Waals surface area contributed by atoms with Crippen LogP contribution in [0.15, 0.2) is 47.9 Å². The number of amides is 1. The third-order valence-corrected chi connectivity index (χ3v) is 5.45. The van der Waals surface area contributed by atoms with Crippen molar-refractivity contribution in [3.05, 3.63) is 48.4 Å². The molecule has 1 saturated heterocycles. The molecule has 1 aromatic carbocycles. The summed E-state index contributed by atoms with van der Waals surface area (Å²) < 4.78 is 0. The van der Waals surface area contributed by atoms with E-state index in [0.29, 0.717) is 16.3 Å². The summed E-state index contributed by atoms with van der Waals surface area (Å²) in [6.45, 7) is 2.06. The van der Waals surface area contributed by atoms with Crippen LogP contribution < -0.4 is 10.2 Å². The zero-order valence-electron chi connectivity index (χ0n) is 15.2. The van der Waals surface area contributed by atoms with E-state index in [0.717, 1.165) is 29.8 Å². The molecule has 0 aliphatic carbocycles. The molecule has 0 unspecified atom stereocenters. The quantitative estimate of drug-likeness (QED) is 0.691. The third kappa shape index (κ3) is 3.73. The Balaban J connectivity index is 1.61. The van der Waals surface area contributed by atoms with Crippen LogP contribution in [0.1, 0.15) is 29.6 Å². The maximum Gasteiger partial charge on any atom is 0.258 e. The van der Waals surface area contributed by atoms with Gasteiger partial charge in [-0.05, 0) is 55.9 Å². The molecule has 138 valence electrons. The third-order valence-electron chi connectivity index (χ3n) is 4.74. The van der Waals surface area contributed by atoms with Gasteiger partial charge in [-0.3, -0.25) is 4.79 Å². The highest BCUT2D eigenvalue weighted by Crippen LogP contribution is 2.28. The Kier molecular flexibility index (Phi) is 5.20. The van der Waals surface area contributed by atoms with Gasteiger partial charge in [0.1, 0.15) is 17.2 Å². The number of piperidine rings is 1. The smallest absolute Gasteiger partial charge is 0.258 e. The molecule has 3 heterocycles. The van der Waals surface area contributed by atoms with Gasteiger partial charge >= 0.3 is 0 Å². The van der Waals surface area contributed by atoms with E-state index in [2.05, 4.69) is 25.2 Å². The van der Waals surface area contributed by atoms with E-state index in [1.165, 1.54) is 31.0 Å². The number of fused-ring (bicyclic) bond motifs is 1. The second kappa shape index (κ2) is 7.92. The molecule has 1 amide bonds. The lowest BCUT2D eigenvalue weighted by atomic mass is 10.1. The second-order valence-corrected chi connectivity index (χ2v) is 7.29. The number of carbonyl (C=O) groups is 1. The molecule has 1 aliphatic heterocycles. The lowest BCUT2D eigenvalue weighted by Gasteiger charge is -2.28. The summed E-state index contributed by atoms with van der Waals surface area (Å²) in [6, 6.07) is 9.36. The van der Waals surface area contributed by atoms with E-state index in [1.807, 2.05) is 24.5 Å². The Bertz CT molecular complexity index is 971. The molecule has 4 rings (SSSR count). The Morgan fingerprint density at radius 2 is 1.96 bits per heavy atom. The maximum atomic E-state index is 12.6. The zero-order chi connectivity index (χ0) is 18.6. The van der Waals surface area contributed by atoms with Crippen LogP contribution >= 0.6 is 11.8 Å². The monoisotopic (exact) mass is 379 g/mol. The molecule has 0 atom stereocenters. The topological polar surface area (TPSA) is 71.0 Å². The standard InChI is InChI=1S/C20H21N5OS/c1-27-20-16(6-5-9-21-20)19(26)24-14-7-8-15-17(12-14)22-13-23-18(15)25-10-3-2-4-11-25/h5-9,12-13H,2-4,10-11H2,1H3,(H,24,26). The Hall–Kier alpha value is -2.67. The van der Waals surface area contributed by atoms with Crippen molar-refractivity contribution in [3.63, 3.8) is 0 Å². The second-order valence-electron chi connectivity index (χ2n) is 6.49. The number of benzene rings is 1. The number of rotatable bonds is 4. The predicted octanol–water partition coefficient (Wildman–Crippen LogP) is 3.99. The van der Waals surface area contributed by atoms with Gasteiger partial charge in [0.05, 0.1) is 11.1 Å². The first-order chi connectivity index (χ1) is 13.3. The summed E-state index contributed by atoms with van der Waals surface area (Å²) in [7, 11) is 0. The number of thioether (sulfide) groups is 1. The van der Waals surface area contributed by atoms with Crippen LogP contribution in [0.4, 0.5) is 11.5 Å². The van der Waals surface area contributed by atoms with Gasteiger partial charge in [0.25, 0.3) is 5.91 Å². The van der Waals surface area contributed by atoms with Crippen LogP contribution in [-0.2, 0) is 0 Å². The van der Waals surface area contributed by atoms with E-state index in [9.17, 15) is 4.79 Å². The predicted molar refractivity (Wildman–Crippen MR) is 110 cm³/mol. The Morgan fingerprint density at radius 3 is 2.78 bits per heavy atom. The molecule has 7 heteroatoms. The zero-order valence-corrected chi connectivity index (χ0v) is 16.0. The SMILES string of the molecule is CSc1ncccc1C(=O)Nc1ccc2c(N3CCCCC3)ncnc2c1. The van der Waals surface area contributed by atoms with E-state index in [1.54, 1.807) is 24.7 Å². The van der Waals surface area contributed by atoms with E-state index in [-0.39, 0.29) is 5.91 Å². The van der Waals surface area contributed by atoms with Crippen molar-refractivity contribution in [1.29, 1.82) is 0 Å². The van der Waals surface area contributed by atoms with E-state index < -0.39 is 0 Å². The number of hydrogen-bond donors (Lipinski definition) is 1. The average molecular weight is 379 g/mol. The molecular weight excluding hydrogens is 358 g/mol. The van der Waals surface area contributed by atoms with Gasteiger partial charge < -0.3 is 10.2 Å². The molecule has 1 N–H and O–H groups in total. The minimum absolute atomic E-state index is 0.169. The van der Waals surface area contributed by atoms with Crippen molar-refractivity contribution < 1.29 is 4.79 Å². The number of aromatic nitrogens is 3. The fourth-order valence-corrected chi connectivity index (χ4v) is 3.95. The van der Waals surface area contributed by atoms with Gasteiger partial charge in [-0.15, -0.1) is 11.8 Å². The highest BCUT2D eigenvalue weighted by Gasteiger charge is 2.16. The van der Waals surface area contributed by atoms with Gasteiger partial charge in [-0.2, -0.15) is 0 Å². The van der Waals surface area contributed by atoms with Crippen LogP contribution in [0.2, 0.25) is 0 Å². The van der Waals surface area contributed by atoms with Crippen LogP contribution in [0.3, 0.4) is 0 Å². The number of nitrogens with zero attached hydrogens (tertiary/aromatic N) is 4. The number of nitrogens with one attached hydrogen (secondary N) is 1. The number of hydrogen-bond acceptors (Lipinski definition) is 6. The van der Waals surface area contributed by atoms with Crippen molar-refractivity contribution in [1.82, 2.24) is 15.0 Å². The molecular formula is C20H21N5OS. The molecule has 2 aromatic heterocycles. The van der Waals surface area contributed by atoms with Gasteiger partial charge in [0.2, 0.25) is 0 Å². The molecule has 3 aromatic rings. The summed E-state index contributed by atoms with van der Waals surface area (Å²) in [6.07, 6.45) is 8.88. The molecule has 0 spiro atoms. The number of anilines is 2. The molecule has 0 radical (unpaired) electrons. The van der Waals surface area contributed by atoms with Gasteiger partial charge in [-0.25, -0.2) is 15.0 Å². The van der Waals surface area contributed by atoms with Crippen molar-refractivity contribution in [2.45, 2.75) is 24.3 Å². The summed E-state index contributed by atoms with van der Waals surface area (Å²) in [5, 5.41) is 4.69. The van der Waals surface area contributed by atoms with Crippen molar-refractivity contribution in [2.75, 3.05) is 29.6 Å². The summed E-state index contributed by atoms with van der Waals surface area (Å²) in [4.78, 5) is 28.1. The van der Waals surface area contributed by atoms with Crippen LogP contribution in [0.25, 0.3) is 10.9 Å². The summed E-state index contributed by atoms with van der Waals surface area (Å²) in [5.41, 5.74) is 2.12. The molecule has 1 aliphatic rings. The number of pyridine rings is 1. The van der Waals surface area contributed by atoms with Gasteiger partial charge in [0.15, 0.2) is 0 Å². The van der Waals surface area contributed by atoms with Crippen molar-refractivity contribution >= 4 is 40.1 Å². The van der Waals surface area contributed by atoms with Crippen LogP contribution in [0, 0.1) is 0 Å². The van der Waals surface area contributed by atoms with Crippen molar-refractivity contribution in [2.24, 2.45) is 0 Å². The largest absolute Gasteiger partial charge is 0.356 e. The van der Waals surface area contributed by atoms with E-state index in [4.69, 9.17) is 0 Å². The fourth-order valence-electron chi connectivity index (χ4n) is 3.40. The summed E-state index contributed by atoms with van der Waals surface area (Å²) in [5.74, 6) is 0.812. The highest BCUT2D eigenvalue weighted by atomic mass is 32.2. The molecule has 0 bridgehead atoms. The minimum atomic E-state index is -0.169. The normalized spacial score (nSPS) is 14.3. The molecule has 27 heavy (non-hydrogen) atoms. The first-order valence-electron chi connectivity index (χ1n) is 9.06. The van der Waals surface area contributed by atoms with Crippen LogP contribution in [0.5, 0.6) is 0 Å². The lowest BCUT2D eigenvalue weighted by Crippen LogP contribution is -2.30. The Morgan fingerprint density at radius 1 is 1.11 bits per heavy atom. The maximum absolute atomic E-state index is 12.6. The Labute approximate surface area is 162 Å². The van der Waals surface area contributed by atoms with E-state index >= 15 is 0 Å². The van der Waals surface area contributed by atoms with Gasteiger partial charge in [-0.1, -0.05) is 0 Å².